The van der Waals surface area contributed by atoms with Crippen LogP contribution in [0.25, 0.3) is 27.7 Å². The molecule has 9 heteroatoms. The van der Waals surface area contributed by atoms with Crippen LogP contribution in [0.3, 0.4) is 0 Å². The zero-order chi connectivity index (χ0) is 24.4. The number of hydrogen-bond acceptors (Lipinski definition) is 5. The minimum absolute atomic E-state index is 0.0896. The highest BCUT2D eigenvalue weighted by atomic mass is 35.5. The summed E-state index contributed by atoms with van der Waals surface area (Å²) >= 11 is 11.8. The smallest absolute Gasteiger partial charge is 0.293 e. The maximum atomic E-state index is 12.6. The van der Waals surface area contributed by atoms with Gasteiger partial charge in [-0.05, 0) is 67.0 Å². The van der Waals surface area contributed by atoms with E-state index in [1.807, 2.05) is 30.3 Å². The Balaban J connectivity index is 1.30. The molecule has 176 valence electrons. The Labute approximate surface area is 212 Å². The van der Waals surface area contributed by atoms with Gasteiger partial charge >= 0.3 is 0 Å². The molecule has 1 amide bonds. The number of aromatic nitrogens is 3. The fourth-order valence-corrected chi connectivity index (χ4v) is 4.15. The quantitative estimate of drug-likeness (QED) is 0.265. The van der Waals surface area contributed by atoms with Gasteiger partial charge in [0.2, 0.25) is 0 Å². The highest BCUT2D eigenvalue weighted by Gasteiger charge is 2.15. The first-order valence-corrected chi connectivity index (χ1v) is 12.1. The van der Waals surface area contributed by atoms with E-state index in [-0.39, 0.29) is 10.9 Å². The second-order valence-electron chi connectivity index (χ2n) is 8.14. The molecule has 7 nitrogen and oxygen atoms in total. The summed E-state index contributed by atoms with van der Waals surface area (Å²) in [6.45, 7) is 2.18. The lowest BCUT2D eigenvalue weighted by Crippen LogP contribution is -2.33. The highest BCUT2D eigenvalue weighted by molar-refractivity contribution is 7.80. The number of carbonyl (C=O) groups is 1. The molecule has 0 atom stereocenters. The summed E-state index contributed by atoms with van der Waals surface area (Å²) in [4.78, 5) is 14.1. The van der Waals surface area contributed by atoms with E-state index in [0.717, 1.165) is 30.3 Å². The predicted octanol–water partition coefficient (Wildman–Crippen LogP) is 6.29. The number of fused-ring (bicyclic) bond motifs is 2. The predicted molar refractivity (Wildman–Crippen MR) is 142 cm³/mol. The molecule has 35 heavy (non-hydrogen) atoms. The molecule has 2 N–H and O–H groups in total. The van der Waals surface area contributed by atoms with E-state index in [9.17, 15) is 4.79 Å². The third-order valence-corrected chi connectivity index (χ3v) is 6.10. The van der Waals surface area contributed by atoms with Crippen molar-refractivity contribution in [3.05, 3.63) is 83.1 Å². The number of aryl methyl sites for hydroxylation is 1. The molecule has 2 aromatic heterocycles. The summed E-state index contributed by atoms with van der Waals surface area (Å²) in [7, 11) is 0. The Morgan fingerprint density at radius 3 is 2.54 bits per heavy atom. The Morgan fingerprint density at radius 2 is 1.80 bits per heavy atom. The van der Waals surface area contributed by atoms with Gasteiger partial charge in [-0.3, -0.25) is 10.1 Å². The summed E-state index contributed by atoms with van der Waals surface area (Å²) in [5.74, 6) is -0.287. The maximum Gasteiger partial charge on any atom is 0.293 e. The summed E-state index contributed by atoms with van der Waals surface area (Å²) in [6, 6.07) is 20.7. The normalized spacial score (nSPS) is 11.1. The molecule has 2 heterocycles. The lowest BCUT2D eigenvalue weighted by molar-refractivity contribution is 0.0953. The van der Waals surface area contributed by atoms with E-state index in [2.05, 4.69) is 39.9 Å². The van der Waals surface area contributed by atoms with Crippen LogP contribution in [0.15, 0.2) is 71.1 Å². The van der Waals surface area contributed by atoms with Gasteiger partial charge in [-0.15, -0.1) is 10.2 Å². The number of halogens is 1. The summed E-state index contributed by atoms with van der Waals surface area (Å²) < 4.78 is 5.59. The van der Waals surface area contributed by atoms with Crippen LogP contribution in [-0.2, 0) is 6.42 Å². The molecular weight excluding hydrogens is 482 g/mol. The van der Waals surface area contributed by atoms with Gasteiger partial charge in [-0.2, -0.15) is 4.80 Å². The van der Waals surface area contributed by atoms with Crippen molar-refractivity contribution < 1.29 is 9.21 Å². The minimum Gasteiger partial charge on any atom is -0.451 e. The molecular formula is C26H22ClN5O2S. The molecule has 0 radical (unpaired) electrons. The molecule has 0 aliphatic heterocycles. The van der Waals surface area contributed by atoms with Crippen LogP contribution < -0.4 is 10.6 Å². The van der Waals surface area contributed by atoms with Gasteiger partial charge < -0.3 is 9.73 Å². The number of nitrogens with zero attached hydrogens (tertiary/aromatic N) is 3. The molecule has 0 saturated heterocycles. The van der Waals surface area contributed by atoms with Crippen molar-refractivity contribution in [2.24, 2.45) is 0 Å². The number of para-hydroxylation sites is 1. The average molecular weight is 504 g/mol. The zero-order valence-corrected chi connectivity index (χ0v) is 20.5. The first kappa shape index (κ1) is 23.0. The average Bonchev–Trinajstić information content (AvgIpc) is 3.47. The van der Waals surface area contributed by atoms with Crippen LogP contribution in [0.5, 0.6) is 0 Å². The lowest BCUT2D eigenvalue weighted by Gasteiger charge is -2.09. The van der Waals surface area contributed by atoms with Crippen LogP contribution in [-0.4, -0.2) is 26.0 Å². The maximum absolute atomic E-state index is 12.6. The molecule has 5 rings (SSSR count). The van der Waals surface area contributed by atoms with Gasteiger partial charge in [0.05, 0.1) is 16.4 Å². The van der Waals surface area contributed by atoms with E-state index < -0.39 is 5.91 Å². The molecule has 0 aliphatic rings. The molecule has 0 bridgehead atoms. The first-order valence-electron chi connectivity index (χ1n) is 11.3. The number of hydrogen-bond donors (Lipinski definition) is 2. The number of nitrogens with one attached hydrogen (secondary N) is 2. The van der Waals surface area contributed by atoms with E-state index in [4.69, 9.17) is 28.2 Å². The van der Waals surface area contributed by atoms with Gasteiger partial charge in [0.25, 0.3) is 5.91 Å². The number of unbranched alkanes of at least 4 members (excludes halogenated alkanes) is 1. The third kappa shape index (κ3) is 5.03. The molecule has 0 fully saturated rings. The van der Waals surface area contributed by atoms with E-state index in [0.29, 0.717) is 27.3 Å². The Bertz CT molecular complexity index is 1510. The number of rotatable bonds is 6. The van der Waals surface area contributed by atoms with Crippen molar-refractivity contribution in [1.82, 2.24) is 20.3 Å². The fraction of sp³-hybridized carbons (Fsp3) is 0.154. The molecule has 3 aromatic carbocycles. The largest absolute Gasteiger partial charge is 0.451 e. The van der Waals surface area contributed by atoms with Gasteiger partial charge in [-0.25, -0.2) is 0 Å². The fourth-order valence-electron chi connectivity index (χ4n) is 3.74. The van der Waals surface area contributed by atoms with Gasteiger partial charge in [0.1, 0.15) is 16.6 Å². The number of anilines is 1. The standard InChI is InChI=1S/C26H22ClN5O2S/c1-2-3-6-16-9-11-18(12-10-16)32-30-21-14-19(27)20(15-22(21)31-32)28-26(35)29-25(33)24-13-17-7-4-5-8-23(17)34-24/h4-5,7-15H,2-3,6H2,1H3,(H2,28,29,33,35). The molecule has 0 saturated carbocycles. The number of benzene rings is 3. The lowest BCUT2D eigenvalue weighted by atomic mass is 10.1. The molecule has 0 unspecified atom stereocenters. The van der Waals surface area contributed by atoms with Crippen LogP contribution in [0, 0.1) is 0 Å². The van der Waals surface area contributed by atoms with Crippen LogP contribution in [0.1, 0.15) is 35.9 Å². The molecule has 0 aliphatic carbocycles. The molecule has 0 spiro atoms. The van der Waals surface area contributed by atoms with Gasteiger partial charge in [-0.1, -0.05) is 55.3 Å². The van der Waals surface area contributed by atoms with Gasteiger partial charge in [0.15, 0.2) is 10.9 Å². The van der Waals surface area contributed by atoms with Crippen LogP contribution in [0.2, 0.25) is 5.02 Å². The number of thiocarbonyl (C=S) groups is 1. The topological polar surface area (TPSA) is 85.0 Å². The second-order valence-corrected chi connectivity index (χ2v) is 8.95. The Hall–Kier alpha value is -3.75. The molecule has 5 aromatic rings. The van der Waals surface area contributed by atoms with Crippen LogP contribution in [0.4, 0.5) is 5.69 Å². The Kier molecular flexibility index (Phi) is 6.48. The third-order valence-electron chi connectivity index (χ3n) is 5.58. The van der Waals surface area contributed by atoms with Crippen molar-refractivity contribution in [2.45, 2.75) is 26.2 Å². The summed E-state index contributed by atoms with van der Waals surface area (Å²) in [5.41, 5.74) is 4.58. The number of carbonyl (C=O) groups excluding carboxylic acids is 1. The van der Waals surface area contributed by atoms with Crippen molar-refractivity contribution in [1.29, 1.82) is 0 Å². The van der Waals surface area contributed by atoms with E-state index >= 15 is 0 Å². The number of furan rings is 1. The van der Waals surface area contributed by atoms with Crippen molar-refractivity contribution in [3.8, 4) is 5.69 Å². The zero-order valence-electron chi connectivity index (χ0n) is 18.9. The van der Waals surface area contributed by atoms with Crippen LogP contribution >= 0.6 is 23.8 Å². The second kappa shape index (κ2) is 9.85. The van der Waals surface area contributed by atoms with Gasteiger partial charge in [0, 0.05) is 5.39 Å². The van der Waals surface area contributed by atoms with E-state index in [1.165, 1.54) is 5.56 Å². The Morgan fingerprint density at radius 1 is 1.06 bits per heavy atom. The number of amides is 1. The van der Waals surface area contributed by atoms with Crippen molar-refractivity contribution in [3.63, 3.8) is 0 Å². The summed E-state index contributed by atoms with van der Waals surface area (Å²) in [5, 5.41) is 16.0. The highest BCUT2D eigenvalue weighted by Crippen LogP contribution is 2.27. The minimum atomic E-state index is -0.454. The van der Waals surface area contributed by atoms with Crippen molar-refractivity contribution >= 4 is 62.5 Å². The van der Waals surface area contributed by atoms with Crippen molar-refractivity contribution in [2.75, 3.05) is 5.32 Å². The van der Waals surface area contributed by atoms with E-state index in [1.54, 1.807) is 29.1 Å². The summed E-state index contributed by atoms with van der Waals surface area (Å²) in [6.07, 6.45) is 3.39. The SMILES string of the molecule is CCCCc1ccc(-n2nc3cc(Cl)c(NC(=S)NC(=O)c4cc5ccccc5o4)cc3n2)cc1. The monoisotopic (exact) mass is 503 g/mol. The first-order chi connectivity index (χ1) is 17.0.